The molecular weight excluding hydrogens is 538 g/mol. The molecule has 8 nitrogen and oxygen atoms in total. The first kappa shape index (κ1) is 31.7. The maximum atomic E-state index is 14.1. The third kappa shape index (κ3) is 8.10. The Balaban J connectivity index is 2.05. The van der Waals surface area contributed by atoms with Crippen LogP contribution >= 0.6 is 0 Å². The number of hydrogen-bond acceptors (Lipinski definition) is 5. The molecular formula is C32H41N3O5S. The van der Waals surface area contributed by atoms with Crippen LogP contribution in [0.25, 0.3) is 0 Å². The summed E-state index contributed by atoms with van der Waals surface area (Å²) in [5.74, 6) is -0.0851. The highest BCUT2D eigenvalue weighted by atomic mass is 32.2. The number of sulfonamides is 1. The van der Waals surface area contributed by atoms with Crippen LogP contribution in [0.2, 0.25) is 0 Å². The number of rotatable bonds is 13. The third-order valence-electron chi connectivity index (χ3n) is 7.11. The number of carbonyl (C=O) groups excluding carboxylic acids is 2. The fourth-order valence-corrected chi connectivity index (χ4v) is 5.78. The van der Waals surface area contributed by atoms with Gasteiger partial charge in [0.1, 0.15) is 18.3 Å². The molecule has 2 unspecified atom stereocenters. The lowest BCUT2D eigenvalue weighted by Gasteiger charge is -2.33. The SMILES string of the molecule is CCC(C)NC(=O)C(CC)N(Cc1ccc(OC)cc1)C(=O)CN(c1ccc(C)cc1)S(=O)(=O)c1ccc(C)cc1. The van der Waals surface area contributed by atoms with Crippen LogP contribution in [0.3, 0.4) is 0 Å². The molecule has 220 valence electrons. The summed E-state index contributed by atoms with van der Waals surface area (Å²) in [6.45, 7) is 9.17. The first-order chi connectivity index (χ1) is 19.5. The van der Waals surface area contributed by atoms with E-state index in [-0.39, 0.29) is 23.4 Å². The van der Waals surface area contributed by atoms with Gasteiger partial charge in [-0.2, -0.15) is 0 Å². The van der Waals surface area contributed by atoms with Crippen molar-refractivity contribution in [1.29, 1.82) is 0 Å². The smallest absolute Gasteiger partial charge is 0.264 e. The summed E-state index contributed by atoms with van der Waals surface area (Å²) in [6, 6.07) is 19.9. The van der Waals surface area contributed by atoms with Gasteiger partial charge in [-0.05, 0) is 75.6 Å². The zero-order valence-corrected chi connectivity index (χ0v) is 25.6. The second-order valence-electron chi connectivity index (χ2n) is 10.3. The maximum absolute atomic E-state index is 14.1. The topological polar surface area (TPSA) is 96.0 Å². The molecule has 0 aliphatic carbocycles. The van der Waals surface area contributed by atoms with E-state index in [1.807, 2.05) is 46.8 Å². The Morgan fingerprint density at radius 3 is 1.93 bits per heavy atom. The second kappa shape index (κ2) is 14.2. The van der Waals surface area contributed by atoms with Crippen LogP contribution in [0.15, 0.2) is 77.7 Å². The fraction of sp³-hybridized carbons (Fsp3) is 0.375. The Hall–Kier alpha value is -3.85. The van der Waals surface area contributed by atoms with E-state index < -0.39 is 28.5 Å². The zero-order valence-electron chi connectivity index (χ0n) is 24.8. The number of ether oxygens (including phenoxy) is 1. The molecule has 1 N–H and O–H groups in total. The van der Waals surface area contributed by atoms with E-state index in [1.54, 1.807) is 67.8 Å². The highest BCUT2D eigenvalue weighted by Gasteiger charge is 2.34. The molecule has 0 aromatic heterocycles. The van der Waals surface area contributed by atoms with Gasteiger partial charge in [-0.15, -0.1) is 0 Å². The number of methoxy groups -OCH3 is 1. The van der Waals surface area contributed by atoms with Crippen molar-refractivity contribution in [3.05, 3.63) is 89.5 Å². The van der Waals surface area contributed by atoms with Crippen molar-refractivity contribution in [2.75, 3.05) is 18.0 Å². The number of aryl methyl sites for hydroxylation is 2. The molecule has 0 saturated heterocycles. The number of nitrogens with zero attached hydrogens (tertiary/aromatic N) is 2. The van der Waals surface area contributed by atoms with Crippen LogP contribution in [0.5, 0.6) is 5.75 Å². The van der Waals surface area contributed by atoms with E-state index in [0.29, 0.717) is 17.9 Å². The summed E-state index contributed by atoms with van der Waals surface area (Å²) in [7, 11) is -2.53. The molecule has 0 radical (unpaired) electrons. The largest absolute Gasteiger partial charge is 0.497 e. The summed E-state index contributed by atoms with van der Waals surface area (Å²) < 4.78 is 34.3. The summed E-state index contributed by atoms with van der Waals surface area (Å²) in [5.41, 5.74) is 3.04. The molecule has 0 fully saturated rings. The molecule has 3 aromatic carbocycles. The predicted molar refractivity (Wildman–Crippen MR) is 162 cm³/mol. The van der Waals surface area contributed by atoms with Gasteiger partial charge >= 0.3 is 0 Å². The van der Waals surface area contributed by atoms with Crippen molar-refractivity contribution in [1.82, 2.24) is 10.2 Å². The molecule has 0 aliphatic rings. The summed E-state index contributed by atoms with van der Waals surface area (Å²) in [5, 5.41) is 2.99. The van der Waals surface area contributed by atoms with Gasteiger partial charge in [-0.25, -0.2) is 8.42 Å². The van der Waals surface area contributed by atoms with Crippen LogP contribution in [0.1, 0.15) is 50.3 Å². The van der Waals surface area contributed by atoms with Crippen LogP contribution < -0.4 is 14.4 Å². The van der Waals surface area contributed by atoms with E-state index in [0.717, 1.165) is 27.4 Å². The molecule has 3 aromatic rings. The lowest BCUT2D eigenvalue weighted by atomic mass is 10.1. The highest BCUT2D eigenvalue weighted by molar-refractivity contribution is 7.92. The predicted octanol–water partition coefficient (Wildman–Crippen LogP) is 5.23. The van der Waals surface area contributed by atoms with E-state index in [1.165, 1.54) is 4.90 Å². The molecule has 3 rings (SSSR count). The maximum Gasteiger partial charge on any atom is 0.264 e. The Morgan fingerprint density at radius 2 is 1.41 bits per heavy atom. The van der Waals surface area contributed by atoms with E-state index in [9.17, 15) is 18.0 Å². The minimum Gasteiger partial charge on any atom is -0.497 e. The Labute approximate surface area is 244 Å². The van der Waals surface area contributed by atoms with Crippen LogP contribution in [-0.4, -0.2) is 50.9 Å². The summed E-state index contributed by atoms with van der Waals surface area (Å²) in [6.07, 6.45) is 1.10. The van der Waals surface area contributed by atoms with Gasteiger partial charge in [-0.1, -0.05) is 61.4 Å². The third-order valence-corrected chi connectivity index (χ3v) is 8.90. The molecule has 0 saturated carbocycles. The number of nitrogens with one attached hydrogen (secondary N) is 1. The van der Waals surface area contributed by atoms with Gasteiger partial charge in [-0.3, -0.25) is 13.9 Å². The summed E-state index contributed by atoms with van der Waals surface area (Å²) in [4.78, 5) is 29.1. The molecule has 41 heavy (non-hydrogen) atoms. The van der Waals surface area contributed by atoms with E-state index in [2.05, 4.69) is 5.32 Å². The quantitative estimate of drug-likeness (QED) is 0.299. The van der Waals surface area contributed by atoms with Crippen molar-refractivity contribution in [3.63, 3.8) is 0 Å². The van der Waals surface area contributed by atoms with Gasteiger partial charge in [0.05, 0.1) is 17.7 Å². The first-order valence-corrected chi connectivity index (χ1v) is 15.3. The average molecular weight is 580 g/mol. The first-order valence-electron chi connectivity index (χ1n) is 13.9. The van der Waals surface area contributed by atoms with Gasteiger partial charge < -0.3 is 15.0 Å². The van der Waals surface area contributed by atoms with Crippen LogP contribution in [0.4, 0.5) is 5.69 Å². The van der Waals surface area contributed by atoms with Gasteiger partial charge in [0.15, 0.2) is 0 Å². The minimum absolute atomic E-state index is 0.0690. The molecule has 9 heteroatoms. The molecule has 0 bridgehead atoms. The van der Waals surface area contributed by atoms with Crippen molar-refractivity contribution >= 4 is 27.5 Å². The second-order valence-corrected chi connectivity index (χ2v) is 12.1. The van der Waals surface area contributed by atoms with Crippen LogP contribution in [0, 0.1) is 13.8 Å². The number of amides is 2. The van der Waals surface area contributed by atoms with Crippen LogP contribution in [-0.2, 0) is 26.2 Å². The fourth-order valence-electron chi connectivity index (χ4n) is 4.37. The molecule has 2 amide bonds. The normalized spacial score (nSPS) is 12.7. The minimum atomic E-state index is -4.10. The number of anilines is 1. The zero-order chi connectivity index (χ0) is 30.2. The van der Waals surface area contributed by atoms with Crippen molar-refractivity contribution < 1.29 is 22.7 Å². The number of carbonyl (C=O) groups is 2. The Bertz CT molecular complexity index is 1410. The van der Waals surface area contributed by atoms with E-state index >= 15 is 0 Å². The molecule has 0 aliphatic heterocycles. The van der Waals surface area contributed by atoms with Gasteiger partial charge in [0.2, 0.25) is 11.8 Å². The van der Waals surface area contributed by atoms with E-state index in [4.69, 9.17) is 4.74 Å². The lowest BCUT2D eigenvalue weighted by Crippen LogP contribution is -2.53. The molecule has 2 atom stereocenters. The molecule has 0 spiro atoms. The average Bonchev–Trinajstić information content (AvgIpc) is 2.96. The Kier molecular flexibility index (Phi) is 10.9. The standard InChI is InChI=1S/C32H41N3O5S/c1-7-25(5)33-32(37)30(8-2)34(21-26-13-17-28(40-6)18-14-26)31(36)22-35(27-15-9-23(3)10-16-27)41(38,39)29-19-11-24(4)12-20-29/h9-20,25,30H,7-8,21-22H2,1-6H3,(H,33,37). The lowest BCUT2D eigenvalue weighted by molar-refractivity contribution is -0.140. The Morgan fingerprint density at radius 1 is 0.854 bits per heavy atom. The van der Waals surface area contributed by atoms with Crippen molar-refractivity contribution in [2.24, 2.45) is 0 Å². The van der Waals surface area contributed by atoms with Gasteiger partial charge in [0.25, 0.3) is 10.0 Å². The van der Waals surface area contributed by atoms with Crippen molar-refractivity contribution in [2.45, 2.75) is 71.0 Å². The number of benzene rings is 3. The molecule has 0 heterocycles. The summed E-state index contributed by atoms with van der Waals surface area (Å²) >= 11 is 0. The highest BCUT2D eigenvalue weighted by Crippen LogP contribution is 2.26. The van der Waals surface area contributed by atoms with Gasteiger partial charge in [0, 0.05) is 12.6 Å². The monoisotopic (exact) mass is 579 g/mol. The van der Waals surface area contributed by atoms with Crippen molar-refractivity contribution in [3.8, 4) is 5.75 Å². The number of hydrogen-bond donors (Lipinski definition) is 1.